The third-order valence-corrected chi connectivity index (χ3v) is 2.83. The highest BCUT2D eigenvalue weighted by molar-refractivity contribution is 7.89. The van der Waals surface area contributed by atoms with Gasteiger partial charge in [-0.2, -0.15) is 0 Å². The summed E-state index contributed by atoms with van der Waals surface area (Å²) in [6.45, 7) is 8.68. The van der Waals surface area contributed by atoms with E-state index in [4.69, 9.17) is 9.88 Å². The molecule has 0 fully saturated rings. The molecule has 0 aromatic carbocycles. The molecule has 0 aromatic rings. The molecule has 0 rings (SSSR count). The van der Waals surface area contributed by atoms with Gasteiger partial charge in [-0.15, -0.1) is 0 Å². The van der Waals surface area contributed by atoms with Gasteiger partial charge in [-0.1, -0.05) is 0 Å². The molecule has 0 aliphatic rings. The normalized spacial score (nSPS) is 12.7. The van der Waals surface area contributed by atoms with Gasteiger partial charge in [0.1, 0.15) is 5.60 Å². The van der Waals surface area contributed by atoms with E-state index in [1.807, 2.05) is 6.92 Å². The van der Waals surface area contributed by atoms with Crippen LogP contribution >= 0.6 is 0 Å². The van der Waals surface area contributed by atoms with Crippen LogP contribution in [0.15, 0.2) is 4.99 Å². The standard InChI is InChI=1S/C12H27N5O4S/c1-5-14-10(16-8-9-22(13,19)20)15-6-7-17-11(18)21-12(2,3)4/h5-9H2,1-4H3,(H,17,18)(H2,13,19,20)(H2,14,15,16). The molecule has 10 heteroatoms. The molecule has 9 nitrogen and oxygen atoms in total. The lowest BCUT2D eigenvalue weighted by molar-refractivity contribution is 0.0529. The summed E-state index contributed by atoms with van der Waals surface area (Å²) in [5.41, 5.74) is -0.540. The Morgan fingerprint density at radius 2 is 1.77 bits per heavy atom. The van der Waals surface area contributed by atoms with Gasteiger partial charge in [0.2, 0.25) is 10.0 Å². The molecule has 0 heterocycles. The Morgan fingerprint density at radius 1 is 1.18 bits per heavy atom. The van der Waals surface area contributed by atoms with Gasteiger partial charge in [-0.25, -0.2) is 18.4 Å². The number of alkyl carbamates (subject to hydrolysis) is 1. The third kappa shape index (κ3) is 13.4. The van der Waals surface area contributed by atoms with Crippen LogP contribution in [0.2, 0.25) is 0 Å². The molecule has 0 bridgehead atoms. The molecule has 0 aliphatic carbocycles. The molecule has 0 spiro atoms. The van der Waals surface area contributed by atoms with Crippen LogP contribution in [0.5, 0.6) is 0 Å². The van der Waals surface area contributed by atoms with Crippen molar-refractivity contribution in [3.05, 3.63) is 0 Å². The number of sulfonamides is 1. The highest BCUT2D eigenvalue weighted by atomic mass is 32.2. The second-order valence-corrected chi connectivity index (χ2v) is 7.22. The van der Waals surface area contributed by atoms with Crippen molar-refractivity contribution >= 4 is 22.1 Å². The minimum Gasteiger partial charge on any atom is -0.444 e. The second-order valence-electron chi connectivity index (χ2n) is 5.48. The quantitative estimate of drug-likeness (QED) is 0.277. The fourth-order valence-electron chi connectivity index (χ4n) is 1.29. The summed E-state index contributed by atoms with van der Waals surface area (Å²) in [5.74, 6) is 0.233. The topological polar surface area (TPSA) is 135 Å². The fraction of sp³-hybridized carbons (Fsp3) is 0.833. The van der Waals surface area contributed by atoms with Crippen molar-refractivity contribution in [3.63, 3.8) is 0 Å². The van der Waals surface area contributed by atoms with Crippen molar-refractivity contribution in [3.8, 4) is 0 Å². The molecule has 5 N–H and O–H groups in total. The highest BCUT2D eigenvalue weighted by Gasteiger charge is 2.15. The Hall–Kier alpha value is -1.55. The Kier molecular flexibility index (Phi) is 8.80. The number of primary sulfonamides is 1. The predicted molar refractivity (Wildman–Crippen MR) is 86.2 cm³/mol. The SMILES string of the molecule is CCNC(=NCCS(N)(=O)=O)NCCNC(=O)OC(C)(C)C. The molecule has 0 unspecified atom stereocenters. The van der Waals surface area contributed by atoms with E-state index >= 15 is 0 Å². The number of rotatable bonds is 7. The maximum Gasteiger partial charge on any atom is 0.407 e. The van der Waals surface area contributed by atoms with E-state index in [1.165, 1.54) is 0 Å². The average Bonchev–Trinajstić information content (AvgIpc) is 2.30. The lowest BCUT2D eigenvalue weighted by atomic mass is 10.2. The zero-order valence-corrected chi connectivity index (χ0v) is 14.4. The van der Waals surface area contributed by atoms with Gasteiger partial charge in [-0.05, 0) is 27.7 Å². The number of hydrogen-bond donors (Lipinski definition) is 4. The van der Waals surface area contributed by atoms with Crippen LogP contribution in [0.1, 0.15) is 27.7 Å². The van der Waals surface area contributed by atoms with Crippen molar-refractivity contribution in [1.29, 1.82) is 0 Å². The molecule has 0 atom stereocenters. The largest absolute Gasteiger partial charge is 0.444 e. The number of guanidine groups is 1. The summed E-state index contributed by atoms with van der Waals surface area (Å²) < 4.78 is 26.7. The molecule has 1 amide bonds. The van der Waals surface area contributed by atoms with E-state index in [2.05, 4.69) is 20.9 Å². The first-order valence-electron chi connectivity index (χ1n) is 7.03. The lowest BCUT2D eigenvalue weighted by Crippen LogP contribution is -2.42. The second kappa shape index (κ2) is 9.46. The molecule has 0 aliphatic heterocycles. The summed E-state index contributed by atoms with van der Waals surface area (Å²) in [4.78, 5) is 15.5. The molecule has 0 radical (unpaired) electrons. The average molecular weight is 337 g/mol. The third-order valence-electron chi connectivity index (χ3n) is 2.08. The van der Waals surface area contributed by atoms with E-state index in [1.54, 1.807) is 20.8 Å². The molecule has 130 valence electrons. The van der Waals surface area contributed by atoms with Gasteiger partial charge in [-0.3, -0.25) is 4.99 Å². The maximum atomic E-state index is 11.4. The summed E-state index contributed by atoms with van der Waals surface area (Å²) >= 11 is 0. The Morgan fingerprint density at radius 3 is 2.27 bits per heavy atom. The van der Waals surface area contributed by atoms with Crippen LogP contribution in [0.25, 0.3) is 0 Å². The van der Waals surface area contributed by atoms with E-state index in [9.17, 15) is 13.2 Å². The Labute approximate surface area is 132 Å². The molecule has 0 aromatic heterocycles. The first kappa shape index (κ1) is 20.5. The Bertz CT molecular complexity index is 470. The van der Waals surface area contributed by atoms with E-state index in [0.29, 0.717) is 25.6 Å². The van der Waals surface area contributed by atoms with Crippen LogP contribution in [0.4, 0.5) is 4.79 Å². The summed E-state index contributed by atoms with van der Waals surface area (Å²) in [5, 5.41) is 13.4. The van der Waals surface area contributed by atoms with Crippen LogP contribution in [-0.2, 0) is 14.8 Å². The molecular weight excluding hydrogens is 310 g/mol. The number of hydrogen-bond acceptors (Lipinski definition) is 5. The monoisotopic (exact) mass is 337 g/mol. The number of nitrogens with two attached hydrogens (primary N) is 1. The van der Waals surface area contributed by atoms with Crippen LogP contribution in [0.3, 0.4) is 0 Å². The zero-order chi connectivity index (χ0) is 17.2. The van der Waals surface area contributed by atoms with Gasteiger partial charge in [0.15, 0.2) is 5.96 Å². The first-order valence-corrected chi connectivity index (χ1v) is 8.74. The van der Waals surface area contributed by atoms with Crippen LogP contribution in [-0.4, -0.2) is 58.0 Å². The molecule has 0 saturated heterocycles. The number of carbonyl (C=O) groups is 1. The van der Waals surface area contributed by atoms with E-state index < -0.39 is 21.7 Å². The number of ether oxygens (including phenoxy) is 1. The highest BCUT2D eigenvalue weighted by Crippen LogP contribution is 2.05. The molecular formula is C12H27N5O4S. The van der Waals surface area contributed by atoms with Gasteiger partial charge in [0.05, 0.1) is 12.3 Å². The number of nitrogens with zero attached hydrogens (tertiary/aromatic N) is 1. The molecule has 22 heavy (non-hydrogen) atoms. The van der Waals surface area contributed by atoms with Crippen molar-refractivity contribution in [1.82, 2.24) is 16.0 Å². The van der Waals surface area contributed by atoms with Crippen molar-refractivity contribution < 1.29 is 17.9 Å². The van der Waals surface area contributed by atoms with E-state index in [-0.39, 0.29) is 12.3 Å². The van der Waals surface area contributed by atoms with Gasteiger partial charge in [0.25, 0.3) is 0 Å². The predicted octanol–water partition coefficient (Wildman–Crippen LogP) is -0.645. The number of carbonyl (C=O) groups excluding carboxylic acids is 1. The van der Waals surface area contributed by atoms with Crippen molar-refractivity contribution in [2.24, 2.45) is 10.1 Å². The van der Waals surface area contributed by atoms with Gasteiger partial charge < -0.3 is 20.7 Å². The number of aliphatic imine (C=N–C) groups is 1. The van der Waals surface area contributed by atoms with Gasteiger partial charge >= 0.3 is 6.09 Å². The number of amides is 1. The minimum absolute atomic E-state index is 0.0632. The summed E-state index contributed by atoms with van der Waals surface area (Å²) in [6, 6.07) is 0. The van der Waals surface area contributed by atoms with Crippen LogP contribution in [0, 0.1) is 0 Å². The Balaban J connectivity index is 4.10. The summed E-state index contributed by atoms with van der Waals surface area (Å²) in [7, 11) is -3.52. The van der Waals surface area contributed by atoms with Gasteiger partial charge in [0, 0.05) is 19.6 Å². The zero-order valence-electron chi connectivity index (χ0n) is 13.6. The lowest BCUT2D eigenvalue weighted by Gasteiger charge is -2.19. The van der Waals surface area contributed by atoms with Crippen molar-refractivity contribution in [2.75, 3.05) is 31.9 Å². The maximum absolute atomic E-state index is 11.4. The smallest absolute Gasteiger partial charge is 0.407 e. The van der Waals surface area contributed by atoms with Crippen molar-refractivity contribution in [2.45, 2.75) is 33.3 Å². The van der Waals surface area contributed by atoms with Crippen LogP contribution < -0.4 is 21.1 Å². The first-order chi connectivity index (χ1) is 10.0. The summed E-state index contributed by atoms with van der Waals surface area (Å²) in [6.07, 6.45) is -0.495. The minimum atomic E-state index is -3.52. The number of nitrogens with one attached hydrogen (secondary N) is 3. The fourth-order valence-corrected chi connectivity index (χ4v) is 1.63. The molecule has 0 saturated carbocycles. The van der Waals surface area contributed by atoms with E-state index in [0.717, 1.165) is 0 Å².